The molecule has 2 rings (SSSR count). The first-order chi connectivity index (χ1) is 9.65. The summed E-state index contributed by atoms with van der Waals surface area (Å²) in [7, 11) is 0. The van der Waals surface area contributed by atoms with Gasteiger partial charge in [0.1, 0.15) is 5.82 Å². The zero-order valence-electron chi connectivity index (χ0n) is 12.6. The summed E-state index contributed by atoms with van der Waals surface area (Å²) < 4.78 is 13.1. The molecule has 1 aromatic heterocycles. The Morgan fingerprint density at radius 3 is 2.85 bits per heavy atom. The smallest absolute Gasteiger partial charge is 0.141 e. The number of nitrogens with zero attached hydrogens (tertiary/aromatic N) is 2. The average Bonchev–Trinajstić information content (AvgIpc) is 2.45. The van der Waals surface area contributed by atoms with Gasteiger partial charge in [0.05, 0.1) is 6.20 Å². The Bertz CT molecular complexity index is 402. The minimum atomic E-state index is -0.265. The van der Waals surface area contributed by atoms with E-state index in [0.29, 0.717) is 0 Å². The highest BCUT2D eigenvalue weighted by Gasteiger charge is 2.14. The summed E-state index contributed by atoms with van der Waals surface area (Å²) in [6.45, 7) is 9.00. The number of hydrogen-bond donors (Lipinski definition) is 1. The molecule has 0 aliphatic carbocycles. The van der Waals surface area contributed by atoms with Crippen molar-refractivity contribution >= 4 is 0 Å². The summed E-state index contributed by atoms with van der Waals surface area (Å²) >= 11 is 0. The molecule has 1 fully saturated rings. The molecular formula is C16H26FN3. The van der Waals surface area contributed by atoms with Gasteiger partial charge in [-0.25, -0.2) is 4.39 Å². The Balaban J connectivity index is 1.63. The van der Waals surface area contributed by atoms with Gasteiger partial charge in [0.15, 0.2) is 0 Å². The molecular weight excluding hydrogens is 253 g/mol. The standard InChI is InChI=1S/C16H26FN3/c1-13-4-8-20(9-5-13)7-3-6-19-14(2)15-10-16(17)12-18-11-15/h10-14,19H,3-9H2,1-2H3. The maximum atomic E-state index is 13.1. The van der Waals surface area contributed by atoms with Gasteiger partial charge in [-0.05, 0) is 69.9 Å². The lowest BCUT2D eigenvalue weighted by Crippen LogP contribution is -2.35. The van der Waals surface area contributed by atoms with Gasteiger partial charge in [-0.1, -0.05) is 6.92 Å². The van der Waals surface area contributed by atoms with Gasteiger partial charge in [0.2, 0.25) is 0 Å². The van der Waals surface area contributed by atoms with Gasteiger partial charge >= 0.3 is 0 Å². The number of likely N-dealkylation sites (tertiary alicyclic amines) is 1. The minimum absolute atomic E-state index is 0.152. The monoisotopic (exact) mass is 279 g/mol. The first-order valence-corrected chi connectivity index (χ1v) is 7.71. The summed E-state index contributed by atoms with van der Waals surface area (Å²) in [6.07, 6.45) is 6.78. The minimum Gasteiger partial charge on any atom is -0.310 e. The lowest BCUT2D eigenvalue weighted by Gasteiger charge is -2.30. The summed E-state index contributed by atoms with van der Waals surface area (Å²) in [5.41, 5.74) is 0.914. The Hall–Kier alpha value is -1.00. The highest BCUT2D eigenvalue weighted by Crippen LogP contribution is 2.16. The number of piperidine rings is 1. The van der Waals surface area contributed by atoms with Crippen LogP contribution in [0.15, 0.2) is 18.5 Å². The van der Waals surface area contributed by atoms with Crippen molar-refractivity contribution in [2.75, 3.05) is 26.2 Å². The summed E-state index contributed by atoms with van der Waals surface area (Å²) in [4.78, 5) is 6.44. The first-order valence-electron chi connectivity index (χ1n) is 7.71. The summed E-state index contributed by atoms with van der Waals surface area (Å²) in [6, 6.07) is 1.70. The van der Waals surface area contributed by atoms with Crippen molar-refractivity contribution in [3.63, 3.8) is 0 Å². The predicted molar refractivity (Wildman–Crippen MR) is 80.1 cm³/mol. The van der Waals surface area contributed by atoms with E-state index in [1.54, 1.807) is 12.3 Å². The van der Waals surface area contributed by atoms with Crippen LogP contribution in [0.5, 0.6) is 0 Å². The average molecular weight is 279 g/mol. The van der Waals surface area contributed by atoms with Crippen molar-refractivity contribution in [2.45, 2.75) is 39.2 Å². The van der Waals surface area contributed by atoms with E-state index in [1.165, 1.54) is 32.1 Å². The van der Waals surface area contributed by atoms with Crippen molar-refractivity contribution in [3.05, 3.63) is 29.8 Å². The number of rotatable bonds is 6. The van der Waals surface area contributed by atoms with Crippen LogP contribution in [0.2, 0.25) is 0 Å². The number of halogens is 1. The molecule has 1 atom stereocenters. The maximum Gasteiger partial charge on any atom is 0.141 e. The van der Waals surface area contributed by atoms with Crippen LogP contribution < -0.4 is 5.32 Å². The van der Waals surface area contributed by atoms with Crippen LogP contribution in [0, 0.1) is 11.7 Å². The van der Waals surface area contributed by atoms with Crippen LogP contribution in [-0.4, -0.2) is 36.1 Å². The molecule has 112 valence electrons. The first kappa shape index (κ1) is 15.4. The largest absolute Gasteiger partial charge is 0.310 e. The second-order valence-corrected chi connectivity index (χ2v) is 5.99. The van der Waals surface area contributed by atoms with Crippen LogP contribution in [-0.2, 0) is 0 Å². The molecule has 0 amide bonds. The van der Waals surface area contributed by atoms with E-state index in [4.69, 9.17) is 0 Å². The SMILES string of the molecule is CC1CCN(CCCNC(C)c2cncc(F)c2)CC1. The van der Waals surface area contributed by atoms with Crippen molar-refractivity contribution in [1.29, 1.82) is 0 Å². The molecule has 0 radical (unpaired) electrons. The molecule has 1 aromatic rings. The van der Waals surface area contributed by atoms with Gasteiger partial charge in [-0.15, -0.1) is 0 Å². The Kier molecular flexibility index (Phi) is 5.92. The molecule has 0 spiro atoms. The van der Waals surface area contributed by atoms with Gasteiger partial charge in [0.25, 0.3) is 0 Å². The molecule has 4 heteroatoms. The number of hydrogen-bond acceptors (Lipinski definition) is 3. The van der Waals surface area contributed by atoms with E-state index >= 15 is 0 Å². The predicted octanol–water partition coefficient (Wildman–Crippen LogP) is 2.99. The Labute approximate surface area is 121 Å². The normalized spacial score (nSPS) is 19.1. The quantitative estimate of drug-likeness (QED) is 0.811. The molecule has 1 aliphatic heterocycles. The summed E-state index contributed by atoms with van der Waals surface area (Å²) in [5, 5.41) is 3.44. The van der Waals surface area contributed by atoms with E-state index in [-0.39, 0.29) is 11.9 Å². The molecule has 0 bridgehead atoms. The third-order valence-electron chi connectivity index (χ3n) is 4.20. The van der Waals surface area contributed by atoms with Crippen molar-refractivity contribution in [2.24, 2.45) is 5.92 Å². The molecule has 1 N–H and O–H groups in total. The van der Waals surface area contributed by atoms with Gasteiger partial charge in [-0.2, -0.15) is 0 Å². The van der Waals surface area contributed by atoms with Gasteiger partial charge < -0.3 is 10.2 Å². The number of aromatic nitrogens is 1. The van der Waals surface area contributed by atoms with Gasteiger partial charge in [0, 0.05) is 12.2 Å². The van der Waals surface area contributed by atoms with Crippen LogP contribution >= 0.6 is 0 Å². The molecule has 2 heterocycles. The fourth-order valence-corrected chi connectivity index (χ4v) is 2.69. The fraction of sp³-hybridized carbons (Fsp3) is 0.688. The lowest BCUT2D eigenvalue weighted by atomic mass is 9.99. The third kappa shape index (κ3) is 4.84. The Morgan fingerprint density at radius 1 is 1.40 bits per heavy atom. The molecule has 0 aromatic carbocycles. The number of pyridine rings is 1. The molecule has 1 aliphatic rings. The fourth-order valence-electron chi connectivity index (χ4n) is 2.69. The zero-order valence-corrected chi connectivity index (χ0v) is 12.6. The van der Waals surface area contributed by atoms with Crippen molar-refractivity contribution in [1.82, 2.24) is 15.2 Å². The van der Waals surface area contributed by atoms with E-state index in [0.717, 1.165) is 31.0 Å². The van der Waals surface area contributed by atoms with E-state index < -0.39 is 0 Å². The van der Waals surface area contributed by atoms with Crippen LogP contribution in [0.3, 0.4) is 0 Å². The Morgan fingerprint density at radius 2 is 2.15 bits per heavy atom. The zero-order chi connectivity index (χ0) is 14.4. The number of nitrogens with one attached hydrogen (secondary N) is 1. The van der Waals surface area contributed by atoms with Crippen molar-refractivity contribution in [3.8, 4) is 0 Å². The highest BCUT2D eigenvalue weighted by atomic mass is 19.1. The van der Waals surface area contributed by atoms with Crippen LogP contribution in [0.4, 0.5) is 4.39 Å². The highest BCUT2D eigenvalue weighted by molar-refractivity contribution is 5.14. The van der Waals surface area contributed by atoms with Crippen LogP contribution in [0.1, 0.15) is 44.7 Å². The molecule has 3 nitrogen and oxygen atoms in total. The second-order valence-electron chi connectivity index (χ2n) is 5.99. The topological polar surface area (TPSA) is 28.2 Å². The summed E-state index contributed by atoms with van der Waals surface area (Å²) in [5.74, 6) is 0.628. The van der Waals surface area contributed by atoms with E-state index in [2.05, 4.69) is 29.0 Å². The third-order valence-corrected chi connectivity index (χ3v) is 4.20. The molecule has 0 saturated carbocycles. The maximum absolute atomic E-state index is 13.1. The molecule has 20 heavy (non-hydrogen) atoms. The van der Waals surface area contributed by atoms with Crippen molar-refractivity contribution < 1.29 is 4.39 Å². The molecule has 1 saturated heterocycles. The van der Waals surface area contributed by atoms with E-state index in [1.807, 2.05) is 0 Å². The van der Waals surface area contributed by atoms with E-state index in [9.17, 15) is 4.39 Å². The van der Waals surface area contributed by atoms with Gasteiger partial charge in [-0.3, -0.25) is 4.98 Å². The lowest BCUT2D eigenvalue weighted by molar-refractivity contribution is 0.190. The van der Waals surface area contributed by atoms with Crippen LogP contribution in [0.25, 0.3) is 0 Å². The molecule has 1 unspecified atom stereocenters. The second kappa shape index (κ2) is 7.70.